The molecule has 0 rings (SSSR count). The van der Waals surface area contributed by atoms with Crippen molar-refractivity contribution in [3.63, 3.8) is 0 Å². The monoisotopic (exact) mass is 953 g/mol. The Morgan fingerprint density at radius 1 is 0.304 bits per heavy atom. The van der Waals surface area contributed by atoms with Crippen LogP contribution in [0.3, 0.4) is 0 Å². The van der Waals surface area contributed by atoms with Crippen molar-refractivity contribution >= 4 is 17.9 Å². The van der Waals surface area contributed by atoms with Crippen molar-refractivity contribution in [3.05, 3.63) is 134 Å². The summed E-state index contributed by atoms with van der Waals surface area (Å²) in [4.78, 5) is 38.0. The van der Waals surface area contributed by atoms with Gasteiger partial charge in [0.15, 0.2) is 6.10 Å². The third kappa shape index (κ3) is 54.4. The van der Waals surface area contributed by atoms with Crippen LogP contribution in [-0.2, 0) is 28.6 Å². The Hall–Kier alpha value is -4.45. The van der Waals surface area contributed by atoms with Crippen LogP contribution in [0.5, 0.6) is 0 Å². The Morgan fingerprint density at radius 2 is 0.580 bits per heavy atom. The van der Waals surface area contributed by atoms with Crippen molar-refractivity contribution in [2.45, 2.75) is 232 Å². The summed E-state index contributed by atoms with van der Waals surface area (Å²) in [5.41, 5.74) is 0. The summed E-state index contributed by atoms with van der Waals surface area (Å²) >= 11 is 0. The molecule has 0 amide bonds. The van der Waals surface area contributed by atoms with Crippen LogP contribution in [0.1, 0.15) is 226 Å². The number of hydrogen-bond donors (Lipinski definition) is 0. The molecule has 0 aromatic heterocycles. The first-order valence-corrected chi connectivity index (χ1v) is 27.7. The fourth-order valence-corrected chi connectivity index (χ4v) is 7.01. The zero-order chi connectivity index (χ0) is 50.0. The molecule has 0 N–H and O–H groups in total. The van der Waals surface area contributed by atoms with Gasteiger partial charge in [-0.2, -0.15) is 0 Å². The minimum Gasteiger partial charge on any atom is -0.462 e. The Balaban J connectivity index is 4.48. The van der Waals surface area contributed by atoms with Crippen LogP contribution >= 0.6 is 0 Å². The highest BCUT2D eigenvalue weighted by molar-refractivity contribution is 5.71. The lowest BCUT2D eigenvalue weighted by Crippen LogP contribution is -2.30. The number of esters is 3. The lowest BCUT2D eigenvalue weighted by Gasteiger charge is -2.18. The van der Waals surface area contributed by atoms with Crippen molar-refractivity contribution < 1.29 is 28.6 Å². The summed E-state index contributed by atoms with van der Waals surface area (Å²) in [6.07, 6.45) is 78.7. The summed E-state index contributed by atoms with van der Waals surface area (Å²) in [6.45, 7) is 6.30. The highest BCUT2D eigenvalue weighted by Gasteiger charge is 2.19. The van der Waals surface area contributed by atoms with Gasteiger partial charge in [-0.25, -0.2) is 0 Å². The van der Waals surface area contributed by atoms with Crippen molar-refractivity contribution in [3.8, 4) is 0 Å². The molecule has 0 heterocycles. The molecular weight excluding hydrogens is 853 g/mol. The first-order chi connectivity index (χ1) is 34.0. The summed E-state index contributed by atoms with van der Waals surface area (Å²) in [5.74, 6) is -0.997. The molecule has 6 heteroatoms. The van der Waals surface area contributed by atoms with E-state index in [0.717, 1.165) is 135 Å². The molecule has 0 aliphatic carbocycles. The van der Waals surface area contributed by atoms with E-state index in [-0.39, 0.29) is 37.5 Å². The standard InChI is InChI=1S/C63H100O6/c1-4-7-10-13-16-19-22-24-26-28-29-30-31-32-33-35-36-38-41-44-47-50-53-56-62(65)68-59-60(58-67-61(64)55-52-49-46-43-40-21-18-15-12-9-6-3)69-63(66)57-54-51-48-45-42-39-37-34-27-25-23-20-17-14-11-8-5-2/h7-8,10-11,15-20,24-27,29-30,32-33,36,38,44,47,60H,4-6,9,12-14,21-23,28,31,34-35,37,39-43,45-46,48-59H2,1-3H3/b10-7-,11-8-,18-15-,19-16-,20-17-,26-24-,27-25-,30-29-,33-32-,38-36-,47-44-. The summed E-state index contributed by atoms with van der Waals surface area (Å²) in [6, 6.07) is 0. The van der Waals surface area contributed by atoms with E-state index in [1.807, 2.05) is 0 Å². The maximum absolute atomic E-state index is 12.8. The van der Waals surface area contributed by atoms with Gasteiger partial charge in [0.05, 0.1) is 0 Å². The first-order valence-electron chi connectivity index (χ1n) is 27.7. The van der Waals surface area contributed by atoms with Crippen LogP contribution in [0.4, 0.5) is 0 Å². The SMILES string of the molecule is CC/C=C\C/C=C\C/C=C\C/C=C\C/C=C\C/C=C\C/C=C\CCCC(=O)OCC(COC(=O)CCCCCCC/C=C\CCCC)OC(=O)CCCCCCCCC/C=C\C/C=C\C/C=C\CC. The molecule has 69 heavy (non-hydrogen) atoms. The second kappa shape index (κ2) is 56.1. The van der Waals surface area contributed by atoms with Crippen molar-refractivity contribution in [2.24, 2.45) is 0 Å². The zero-order valence-corrected chi connectivity index (χ0v) is 44.3. The van der Waals surface area contributed by atoms with E-state index < -0.39 is 6.10 Å². The fraction of sp³-hybridized carbons (Fsp3) is 0.603. The lowest BCUT2D eigenvalue weighted by molar-refractivity contribution is -0.167. The number of hydrogen-bond acceptors (Lipinski definition) is 6. The number of rotatable bonds is 48. The number of carbonyl (C=O) groups is 3. The molecule has 388 valence electrons. The molecule has 1 unspecified atom stereocenters. The van der Waals surface area contributed by atoms with Gasteiger partial charge in [0.1, 0.15) is 13.2 Å². The average molecular weight is 953 g/mol. The van der Waals surface area contributed by atoms with Gasteiger partial charge in [0.2, 0.25) is 0 Å². The smallest absolute Gasteiger partial charge is 0.306 e. The molecule has 1 atom stereocenters. The van der Waals surface area contributed by atoms with Crippen LogP contribution in [0.25, 0.3) is 0 Å². The molecule has 0 saturated heterocycles. The topological polar surface area (TPSA) is 78.9 Å². The normalized spacial score (nSPS) is 13.1. The molecule has 0 aliphatic rings. The number of carbonyl (C=O) groups excluding carboxylic acids is 3. The molecule has 0 fully saturated rings. The first kappa shape index (κ1) is 64.5. The lowest BCUT2D eigenvalue weighted by atomic mass is 10.1. The minimum absolute atomic E-state index is 0.109. The Morgan fingerprint density at radius 3 is 0.957 bits per heavy atom. The summed E-state index contributed by atoms with van der Waals surface area (Å²) < 4.78 is 16.8. The van der Waals surface area contributed by atoms with Gasteiger partial charge in [-0.15, -0.1) is 0 Å². The molecule has 0 radical (unpaired) electrons. The molecule has 0 saturated carbocycles. The third-order valence-corrected chi connectivity index (χ3v) is 11.1. The van der Waals surface area contributed by atoms with Gasteiger partial charge in [0, 0.05) is 19.3 Å². The molecule has 0 spiro atoms. The Labute approximate surface area is 424 Å². The van der Waals surface area contributed by atoms with E-state index in [4.69, 9.17) is 14.2 Å². The van der Waals surface area contributed by atoms with E-state index in [2.05, 4.69) is 154 Å². The molecule has 0 aromatic rings. The Bertz CT molecular complexity index is 1510. The van der Waals surface area contributed by atoms with Crippen molar-refractivity contribution in [1.29, 1.82) is 0 Å². The minimum atomic E-state index is -0.815. The van der Waals surface area contributed by atoms with Crippen LogP contribution in [0.15, 0.2) is 134 Å². The van der Waals surface area contributed by atoms with E-state index in [1.165, 1.54) is 44.9 Å². The second-order valence-corrected chi connectivity index (χ2v) is 17.7. The quantitative estimate of drug-likeness (QED) is 0.0262. The molecule has 0 bridgehead atoms. The van der Waals surface area contributed by atoms with E-state index >= 15 is 0 Å². The van der Waals surface area contributed by atoms with Crippen LogP contribution in [0.2, 0.25) is 0 Å². The predicted octanol–water partition coefficient (Wildman–Crippen LogP) is 18.6. The molecular formula is C63H100O6. The van der Waals surface area contributed by atoms with Gasteiger partial charge in [0.25, 0.3) is 0 Å². The molecule has 0 aromatic carbocycles. The van der Waals surface area contributed by atoms with Gasteiger partial charge >= 0.3 is 17.9 Å². The third-order valence-electron chi connectivity index (χ3n) is 11.1. The van der Waals surface area contributed by atoms with Crippen LogP contribution < -0.4 is 0 Å². The second-order valence-electron chi connectivity index (χ2n) is 17.7. The average Bonchev–Trinajstić information content (AvgIpc) is 3.35. The van der Waals surface area contributed by atoms with Crippen molar-refractivity contribution in [2.75, 3.05) is 13.2 Å². The van der Waals surface area contributed by atoms with Gasteiger partial charge in [-0.1, -0.05) is 219 Å². The van der Waals surface area contributed by atoms with E-state index in [1.54, 1.807) is 0 Å². The van der Waals surface area contributed by atoms with Crippen LogP contribution in [-0.4, -0.2) is 37.2 Å². The fourth-order valence-electron chi connectivity index (χ4n) is 7.01. The highest BCUT2D eigenvalue weighted by atomic mass is 16.6. The molecule has 6 nitrogen and oxygen atoms in total. The van der Waals surface area contributed by atoms with E-state index in [0.29, 0.717) is 19.3 Å². The summed E-state index contributed by atoms with van der Waals surface area (Å²) in [7, 11) is 0. The number of allylic oxidation sites excluding steroid dienone is 22. The van der Waals surface area contributed by atoms with E-state index in [9.17, 15) is 14.4 Å². The summed E-state index contributed by atoms with van der Waals surface area (Å²) in [5, 5.41) is 0. The number of unbranched alkanes of at least 4 members (excludes halogenated alkanes) is 15. The Kier molecular flexibility index (Phi) is 52.5. The highest BCUT2D eigenvalue weighted by Crippen LogP contribution is 2.13. The zero-order valence-electron chi connectivity index (χ0n) is 44.3. The van der Waals surface area contributed by atoms with Gasteiger partial charge in [-0.05, 0) is 122 Å². The maximum Gasteiger partial charge on any atom is 0.306 e. The van der Waals surface area contributed by atoms with Crippen LogP contribution in [0, 0.1) is 0 Å². The maximum atomic E-state index is 12.8. The van der Waals surface area contributed by atoms with Gasteiger partial charge in [-0.3, -0.25) is 14.4 Å². The molecule has 0 aliphatic heterocycles. The van der Waals surface area contributed by atoms with Crippen molar-refractivity contribution in [1.82, 2.24) is 0 Å². The predicted molar refractivity (Wildman–Crippen MR) is 297 cm³/mol. The number of ether oxygens (including phenoxy) is 3. The largest absolute Gasteiger partial charge is 0.462 e. The van der Waals surface area contributed by atoms with Gasteiger partial charge < -0.3 is 14.2 Å².